The first-order chi connectivity index (χ1) is 26.7. The number of hydrogen-bond acceptors (Lipinski definition) is 3. The second kappa shape index (κ2) is 13.6. The monoisotopic (exact) mass is 711 g/mol. The Morgan fingerprint density at radius 2 is 1.00 bits per heavy atom. The van der Waals surface area contributed by atoms with Crippen molar-refractivity contribution in [1.82, 2.24) is 15.0 Å². The van der Waals surface area contributed by atoms with Crippen LogP contribution in [-0.2, 0) is 17.3 Å². The van der Waals surface area contributed by atoms with Crippen LogP contribution in [0.3, 0.4) is 0 Å². The highest BCUT2D eigenvalue weighted by Gasteiger charge is 2.41. The highest BCUT2D eigenvalue weighted by molar-refractivity contribution is 5.94. The Morgan fingerprint density at radius 3 is 1.69 bits per heavy atom. The van der Waals surface area contributed by atoms with E-state index in [1.807, 2.05) is 12.3 Å². The zero-order valence-electron chi connectivity index (χ0n) is 32.3. The summed E-state index contributed by atoms with van der Waals surface area (Å²) in [5.74, 6) is 0.717. The first-order valence-electron chi connectivity index (χ1n) is 19.5. The molecule has 268 valence electrons. The zero-order chi connectivity index (χ0) is 37.7. The zero-order valence-corrected chi connectivity index (χ0v) is 32.3. The molecule has 0 unspecified atom stereocenters. The minimum absolute atomic E-state index is 0.155. The van der Waals surface area contributed by atoms with Crippen LogP contribution in [0.1, 0.15) is 57.7 Å². The Hall–Kier alpha value is -6.19. The molecule has 0 amide bonds. The van der Waals surface area contributed by atoms with Gasteiger partial charge in [0.1, 0.15) is 0 Å². The first kappa shape index (κ1) is 34.6. The molecule has 2 heterocycles. The fourth-order valence-corrected chi connectivity index (χ4v) is 9.05. The second-order valence-electron chi connectivity index (χ2n) is 16.3. The molecule has 0 fully saturated rings. The maximum atomic E-state index is 5.36. The highest BCUT2D eigenvalue weighted by Crippen LogP contribution is 2.50. The van der Waals surface area contributed by atoms with Crippen LogP contribution in [0, 0.1) is 0 Å². The average Bonchev–Trinajstić information content (AvgIpc) is 3.42. The van der Waals surface area contributed by atoms with E-state index in [1.165, 1.54) is 27.8 Å². The topological polar surface area (TPSA) is 38.7 Å². The summed E-state index contributed by atoms with van der Waals surface area (Å²) >= 11 is 0. The Kier molecular flexibility index (Phi) is 8.54. The van der Waals surface area contributed by atoms with Gasteiger partial charge in [-0.3, -0.25) is 4.98 Å². The Balaban J connectivity index is 1.12. The smallest absolute Gasteiger partial charge is 0.160 e. The summed E-state index contributed by atoms with van der Waals surface area (Å²) in [7, 11) is 0. The lowest BCUT2D eigenvalue weighted by molar-refractivity contribution is 0.403. The minimum atomic E-state index is 0.155. The van der Waals surface area contributed by atoms with E-state index in [2.05, 4.69) is 180 Å². The summed E-state index contributed by atoms with van der Waals surface area (Å²) in [6.07, 6.45) is 3.83. The van der Waals surface area contributed by atoms with Gasteiger partial charge < -0.3 is 0 Å². The molecule has 0 radical (unpaired) electrons. The summed E-state index contributed by atoms with van der Waals surface area (Å²) in [5, 5.41) is 1.13. The van der Waals surface area contributed by atoms with Gasteiger partial charge in [-0.1, -0.05) is 168 Å². The van der Waals surface area contributed by atoms with Gasteiger partial charge in [0, 0.05) is 39.4 Å². The number of aromatic nitrogens is 3. The molecule has 6 aromatic carbocycles. The molecule has 9 rings (SSSR count). The SMILES string of the molecule is CCc1c(-c2ccccc2)nc(-c2cccc(-c3cccc(-c4ccc5c(c4)C(C)(C)CC5(C)C)c3)c2)nc1-c1ccc(-c2cccc3cccnc23)cc1. The number of para-hydroxylation sites is 1. The third-order valence-corrected chi connectivity index (χ3v) is 11.5. The van der Waals surface area contributed by atoms with Crippen LogP contribution in [0.2, 0.25) is 0 Å². The molecule has 2 aromatic heterocycles. The summed E-state index contributed by atoms with van der Waals surface area (Å²) in [4.78, 5) is 15.4. The highest BCUT2D eigenvalue weighted by atomic mass is 14.9. The number of hydrogen-bond donors (Lipinski definition) is 0. The molecule has 8 aromatic rings. The van der Waals surface area contributed by atoms with E-state index in [-0.39, 0.29) is 10.8 Å². The van der Waals surface area contributed by atoms with Crippen molar-refractivity contribution in [3.63, 3.8) is 0 Å². The summed E-state index contributed by atoms with van der Waals surface area (Å²) in [5.41, 5.74) is 17.6. The Morgan fingerprint density at radius 1 is 0.473 bits per heavy atom. The first-order valence-corrected chi connectivity index (χ1v) is 19.5. The van der Waals surface area contributed by atoms with Gasteiger partial charge in [0.15, 0.2) is 5.82 Å². The van der Waals surface area contributed by atoms with Crippen LogP contribution in [0.5, 0.6) is 0 Å². The van der Waals surface area contributed by atoms with Gasteiger partial charge in [-0.2, -0.15) is 0 Å². The average molecular weight is 712 g/mol. The third-order valence-electron chi connectivity index (χ3n) is 11.5. The molecule has 0 spiro atoms. The van der Waals surface area contributed by atoms with Crippen molar-refractivity contribution < 1.29 is 0 Å². The maximum absolute atomic E-state index is 5.36. The predicted molar refractivity (Wildman–Crippen MR) is 230 cm³/mol. The quantitative estimate of drug-likeness (QED) is 0.165. The Labute approximate surface area is 324 Å². The number of rotatable bonds is 7. The van der Waals surface area contributed by atoms with Gasteiger partial charge in [0.05, 0.1) is 16.9 Å². The third kappa shape index (κ3) is 6.34. The lowest BCUT2D eigenvalue weighted by Crippen LogP contribution is -2.17. The molecule has 0 aliphatic heterocycles. The Bertz CT molecular complexity index is 2700. The maximum Gasteiger partial charge on any atom is 0.160 e. The van der Waals surface area contributed by atoms with Crippen LogP contribution in [-0.4, -0.2) is 15.0 Å². The van der Waals surface area contributed by atoms with E-state index in [0.29, 0.717) is 0 Å². The summed E-state index contributed by atoms with van der Waals surface area (Å²) in [6, 6.07) is 54.5. The van der Waals surface area contributed by atoms with Crippen LogP contribution < -0.4 is 0 Å². The molecule has 0 bridgehead atoms. The lowest BCUT2D eigenvalue weighted by atomic mass is 9.82. The normalized spacial score (nSPS) is 14.2. The van der Waals surface area contributed by atoms with Crippen molar-refractivity contribution >= 4 is 10.9 Å². The van der Waals surface area contributed by atoms with Crippen molar-refractivity contribution in [2.45, 2.75) is 58.3 Å². The fourth-order valence-electron chi connectivity index (χ4n) is 9.05. The molecule has 0 N–H and O–H groups in total. The van der Waals surface area contributed by atoms with E-state index in [4.69, 9.17) is 15.0 Å². The number of benzene rings is 6. The standard InChI is InChI=1S/C52H45N3/c1-6-43-48(36-14-8-7-9-15-36)54-50(55-49(43)37-25-23-34(24-26-37)44-22-12-16-35-21-13-29-53-47(35)44)42-20-11-19-40(31-42)38-17-10-18-39(30-38)41-27-28-45-46(32-41)52(4,5)33-51(45,2)3/h7-32H,6,33H2,1-5H3. The molecule has 3 nitrogen and oxygen atoms in total. The van der Waals surface area contributed by atoms with E-state index >= 15 is 0 Å². The van der Waals surface area contributed by atoms with Gasteiger partial charge in [-0.05, 0) is 80.8 Å². The van der Waals surface area contributed by atoms with Crippen LogP contribution in [0.25, 0.3) is 78.2 Å². The van der Waals surface area contributed by atoms with Gasteiger partial charge in [0.2, 0.25) is 0 Å². The fraction of sp³-hybridized carbons (Fsp3) is 0.173. The van der Waals surface area contributed by atoms with E-state index in [0.717, 1.165) is 79.9 Å². The van der Waals surface area contributed by atoms with Crippen LogP contribution >= 0.6 is 0 Å². The van der Waals surface area contributed by atoms with Crippen molar-refractivity contribution in [3.05, 3.63) is 175 Å². The molecule has 55 heavy (non-hydrogen) atoms. The van der Waals surface area contributed by atoms with Crippen molar-refractivity contribution in [1.29, 1.82) is 0 Å². The number of nitrogens with zero attached hydrogens (tertiary/aromatic N) is 3. The van der Waals surface area contributed by atoms with E-state index < -0.39 is 0 Å². The lowest BCUT2D eigenvalue weighted by Gasteiger charge is -2.22. The molecule has 3 heteroatoms. The summed E-state index contributed by atoms with van der Waals surface area (Å²) in [6.45, 7) is 11.7. The van der Waals surface area contributed by atoms with Crippen molar-refractivity contribution in [2.75, 3.05) is 0 Å². The molecular formula is C52H45N3. The van der Waals surface area contributed by atoms with Crippen LogP contribution in [0.4, 0.5) is 0 Å². The van der Waals surface area contributed by atoms with Crippen molar-refractivity contribution in [3.8, 4) is 67.3 Å². The van der Waals surface area contributed by atoms with Crippen molar-refractivity contribution in [2.24, 2.45) is 0 Å². The minimum Gasteiger partial charge on any atom is -0.256 e. The largest absolute Gasteiger partial charge is 0.256 e. The molecule has 0 saturated carbocycles. The van der Waals surface area contributed by atoms with E-state index in [9.17, 15) is 0 Å². The van der Waals surface area contributed by atoms with E-state index in [1.54, 1.807) is 0 Å². The number of fused-ring (bicyclic) bond motifs is 2. The number of pyridine rings is 1. The predicted octanol–water partition coefficient (Wildman–Crippen LogP) is 13.5. The second-order valence-corrected chi connectivity index (χ2v) is 16.3. The molecule has 0 atom stereocenters. The van der Waals surface area contributed by atoms with Crippen LogP contribution in [0.15, 0.2) is 158 Å². The molecule has 1 aliphatic carbocycles. The molecule has 0 saturated heterocycles. The molecule has 1 aliphatic rings. The molecular weight excluding hydrogens is 667 g/mol. The van der Waals surface area contributed by atoms with Gasteiger partial charge >= 0.3 is 0 Å². The van der Waals surface area contributed by atoms with Gasteiger partial charge in [-0.25, -0.2) is 9.97 Å². The van der Waals surface area contributed by atoms with Gasteiger partial charge in [-0.15, -0.1) is 0 Å². The summed E-state index contributed by atoms with van der Waals surface area (Å²) < 4.78 is 0. The van der Waals surface area contributed by atoms with Gasteiger partial charge in [0.25, 0.3) is 0 Å².